The Labute approximate surface area is 200 Å². The average molecular weight is 487 g/mol. The molecule has 3 heterocycles. The van der Waals surface area contributed by atoms with Crippen LogP contribution in [0.4, 0.5) is 0 Å². The summed E-state index contributed by atoms with van der Waals surface area (Å²) in [7, 11) is 0. The van der Waals surface area contributed by atoms with Crippen molar-refractivity contribution in [2.45, 2.75) is 27.2 Å². The summed E-state index contributed by atoms with van der Waals surface area (Å²) in [5.74, 6) is 2.04. The molecule has 0 spiro atoms. The Bertz CT molecular complexity index is 1190. The van der Waals surface area contributed by atoms with E-state index < -0.39 is 0 Å². The van der Waals surface area contributed by atoms with Gasteiger partial charge in [-0.1, -0.05) is 6.07 Å². The molecule has 0 unspecified atom stereocenters. The average Bonchev–Trinajstić information content (AvgIpc) is 3.54. The van der Waals surface area contributed by atoms with Crippen LogP contribution in [-0.2, 0) is 6.42 Å². The first-order chi connectivity index (χ1) is 16.1. The fraction of sp³-hybridized carbons (Fsp3) is 0.348. The molecule has 3 aromatic heterocycles. The number of nitrogens with one attached hydrogen (secondary N) is 1. The van der Waals surface area contributed by atoms with Crippen molar-refractivity contribution in [3.05, 3.63) is 46.3 Å². The summed E-state index contributed by atoms with van der Waals surface area (Å²) < 4.78 is 19.0. The molecule has 0 saturated carbocycles. The van der Waals surface area contributed by atoms with Gasteiger partial charge < -0.3 is 19.5 Å². The van der Waals surface area contributed by atoms with Crippen molar-refractivity contribution in [3.63, 3.8) is 0 Å². The number of rotatable bonds is 11. The first kappa shape index (κ1) is 23.1. The maximum Gasteiger partial charge on any atom is 0.251 e. The van der Waals surface area contributed by atoms with Crippen LogP contribution in [0.3, 0.4) is 0 Å². The van der Waals surface area contributed by atoms with Gasteiger partial charge >= 0.3 is 0 Å². The van der Waals surface area contributed by atoms with Gasteiger partial charge in [-0.05, 0) is 44.4 Å². The molecule has 1 aromatic carbocycles. The number of benzene rings is 1. The second-order valence-electron chi connectivity index (χ2n) is 6.94. The molecule has 1 amide bonds. The predicted octanol–water partition coefficient (Wildman–Crippen LogP) is 4.69. The van der Waals surface area contributed by atoms with Crippen molar-refractivity contribution in [2.24, 2.45) is 0 Å². The number of hydrogen-bond donors (Lipinski definition) is 1. The molecule has 0 fully saturated rings. The topological polar surface area (TPSA) is 87.0 Å². The van der Waals surface area contributed by atoms with Crippen LogP contribution in [0.2, 0.25) is 0 Å². The lowest BCUT2D eigenvalue weighted by Gasteiger charge is -2.17. The number of thiazole rings is 1. The molecule has 10 heteroatoms. The normalized spacial score (nSPS) is 11.0. The summed E-state index contributed by atoms with van der Waals surface area (Å²) in [6.45, 7) is 7.51. The Morgan fingerprint density at radius 3 is 2.42 bits per heavy atom. The zero-order chi connectivity index (χ0) is 23.2. The van der Waals surface area contributed by atoms with E-state index >= 15 is 0 Å². The van der Waals surface area contributed by atoms with E-state index in [-0.39, 0.29) is 5.91 Å². The lowest BCUT2D eigenvalue weighted by Crippen LogP contribution is -2.26. The van der Waals surface area contributed by atoms with Gasteiger partial charge in [0.05, 0.1) is 30.4 Å². The van der Waals surface area contributed by atoms with Crippen LogP contribution < -0.4 is 19.5 Å². The van der Waals surface area contributed by atoms with E-state index in [0.29, 0.717) is 55.6 Å². The zero-order valence-corrected chi connectivity index (χ0v) is 20.4. The number of ether oxygens (including phenoxy) is 3. The number of amides is 1. The van der Waals surface area contributed by atoms with E-state index in [4.69, 9.17) is 14.2 Å². The molecule has 0 atom stereocenters. The third-order valence-corrected chi connectivity index (χ3v) is 6.46. The molecule has 0 aliphatic carbocycles. The molecular weight excluding hydrogens is 460 g/mol. The van der Waals surface area contributed by atoms with Gasteiger partial charge in [0.25, 0.3) is 5.91 Å². The highest BCUT2D eigenvalue weighted by atomic mass is 32.1. The van der Waals surface area contributed by atoms with E-state index in [1.54, 1.807) is 34.8 Å². The fourth-order valence-corrected chi connectivity index (χ4v) is 4.84. The van der Waals surface area contributed by atoms with Crippen molar-refractivity contribution in [1.29, 1.82) is 0 Å². The third kappa shape index (κ3) is 5.12. The minimum Gasteiger partial charge on any atom is -0.490 e. The Kier molecular flexibility index (Phi) is 7.46. The molecule has 1 N–H and O–H groups in total. The largest absolute Gasteiger partial charge is 0.490 e. The van der Waals surface area contributed by atoms with Gasteiger partial charge in [0.1, 0.15) is 0 Å². The highest BCUT2D eigenvalue weighted by Gasteiger charge is 2.18. The summed E-state index contributed by atoms with van der Waals surface area (Å²) in [5.41, 5.74) is 1.46. The van der Waals surface area contributed by atoms with Crippen LogP contribution in [0.25, 0.3) is 15.7 Å². The van der Waals surface area contributed by atoms with Crippen molar-refractivity contribution in [1.82, 2.24) is 19.9 Å². The monoisotopic (exact) mass is 486 g/mol. The summed E-state index contributed by atoms with van der Waals surface area (Å²) in [6.07, 6.45) is 0.632. The van der Waals surface area contributed by atoms with E-state index in [9.17, 15) is 4.79 Å². The molecule has 0 saturated heterocycles. The van der Waals surface area contributed by atoms with Crippen molar-refractivity contribution >= 4 is 33.5 Å². The lowest BCUT2D eigenvalue weighted by molar-refractivity contribution is 0.0953. The van der Waals surface area contributed by atoms with Gasteiger partial charge in [0, 0.05) is 23.9 Å². The Morgan fingerprint density at radius 1 is 1.06 bits per heavy atom. The standard InChI is InChI=1S/C23H26N4O4S2/c1-4-29-17-12-15(13-18(30-5-2)20(17)31-6-3)22(28)24-10-9-16-14-33-23-25-21(26-27(16)23)19-8-7-11-32-19/h7-8,11-14H,4-6,9-10H2,1-3H3,(H,24,28). The molecule has 0 aliphatic heterocycles. The number of fused-ring (bicyclic) bond motifs is 1. The molecule has 0 bridgehead atoms. The maximum atomic E-state index is 12.9. The third-order valence-electron chi connectivity index (χ3n) is 4.73. The van der Waals surface area contributed by atoms with E-state index in [1.807, 2.05) is 48.2 Å². The first-order valence-electron chi connectivity index (χ1n) is 10.9. The number of hydrogen-bond acceptors (Lipinski definition) is 8. The summed E-state index contributed by atoms with van der Waals surface area (Å²) >= 11 is 3.16. The van der Waals surface area contributed by atoms with Gasteiger partial charge in [0.15, 0.2) is 17.3 Å². The van der Waals surface area contributed by atoms with Crippen molar-refractivity contribution in [3.8, 4) is 28.0 Å². The van der Waals surface area contributed by atoms with Crippen molar-refractivity contribution < 1.29 is 19.0 Å². The molecule has 4 rings (SSSR count). The molecule has 0 radical (unpaired) electrons. The maximum absolute atomic E-state index is 12.9. The van der Waals surface area contributed by atoms with Gasteiger partial charge in [-0.3, -0.25) is 4.79 Å². The smallest absolute Gasteiger partial charge is 0.251 e. The predicted molar refractivity (Wildman–Crippen MR) is 130 cm³/mol. The number of carbonyl (C=O) groups is 1. The van der Waals surface area contributed by atoms with Gasteiger partial charge in [-0.2, -0.15) is 4.98 Å². The number of thiophene rings is 1. The van der Waals surface area contributed by atoms with Crippen molar-refractivity contribution in [2.75, 3.05) is 26.4 Å². The summed E-state index contributed by atoms with van der Waals surface area (Å²) in [5, 5.41) is 11.6. The highest BCUT2D eigenvalue weighted by molar-refractivity contribution is 7.15. The van der Waals surface area contributed by atoms with Crippen LogP contribution in [0.15, 0.2) is 35.0 Å². The molecular formula is C23H26N4O4S2. The fourth-order valence-electron chi connectivity index (χ4n) is 3.33. The SMILES string of the molecule is CCOc1cc(C(=O)NCCc2csc3nc(-c4cccs4)nn23)cc(OCC)c1OCC. The second kappa shape index (κ2) is 10.7. The molecule has 0 aliphatic rings. The summed E-state index contributed by atoms with van der Waals surface area (Å²) in [6, 6.07) is 7.38. The van der Waals surface area contributed by atoms with Gasteiger partial charge in [-0.25, -0.2) is 4.52 Å². The Hall–Kier alpha value is -3.11. The van der Waals surface area contributed by atoms with Gasteiger partial charge in [0.2, 0.25) is 10.7 Å². The van der Waals surface area contributed by atoms with Crippen LogP contribution in [0.1, 0.15) is 36.8 Å². The van der Waals surface area contributed by atoms with E-state index in [1.165, 1.54) is 0 Å². The quantitative estimate of drug-likeness (QED) is 0.331. The Morgan fingerprint density at radius 2 is 1.79 bits per heavy atom. The Balaban J connectivity index is 1.46. The zero-order valence-electron chi connectivity index (χ0n) is 18.8. The van der Waals surface area contributed by atoms with E-state index in [0.717, 1.165) is 21.4 Å². The van der Waals surface area contributed by atoms with Crippen LogP contribution in [0.5, 0.6) is 17.2 Å². The first-order valence-corrected chi connectivity index (χ1v) is 12.6. The molecule has 8 nitrogen and oxygen atoms in total. The molecule has 174 valence electrons. The minimum atomic E-state index is -0.204. The molecule has 33 heavy (non-hydrogen) atoms. The van der Waals surface area contributed by atoms with Crippen LogP contribution in [-0.4, -0.2) is 46.9 Å². The lowest BCUT2D eigenvalue weighted by atomic mass is 10.1. The number of nitrogens with zero attached hydrogens (tertiary/aromatic N) is 3. The molecule has 4 aromatic rings. The minimum absolute atomic E-state index is 0.204. The van der Waals surface area contributed by atoms with Crippen LogP contribution in [0, 0.1) is 0 Å². The summed E-state index contributed by atoms with van der Waals surface area (Å²) in [4.78, 5) is 19.4. The second-order valence-corrected chi connectivity index (χ2v) is 8.72. The number of carbonyl (C=O) groups excluding carboxylic acids is 1. The van der Waals surface area contributed by atoms with Crippen LogP contribution >= 0.6 is 22.7 Å². The van der Waals surface area contributed by atoms with E-state index in [2.05, 4.69) is 15.4 Å². The van der Waals surface area contributed by atoms with Gasteiger partial charge in [-0.15, -0.1) is 27.8 Å². The number of aromatic nitrogens is 3. The highest BCUT2D eigenvalue weighted by Crippen LogP contribution is 2.39.